The number of nitrogens with two attached hydrogens (primary N) is 1. The summed E-state index contributed by atoms with van der Waals surface area (Å²) in [5.41, 5.74) is 7.14. The highest BCUT2D eigenvalue weighted by Gasteiger charge is 2.04. The van der Waals surface area contributed by atoms with Gasteiger partial charge in [0.25, 0.3) is 0 Å². The second-order valence-electron chi connectivity index (χ2n) is 5.00. The van der Waals surface area contributed by atoms with Crippen molar-refractivity contribution >= 4 is 17.3 Å². The smallest absolute Gasteiger partial charge is 0.224 e. The van der Waals surface area contributed by atoms with Crippen molar-refractivity contribution < 1.29 is 14.3 Å². The summed E-state index contributed by atoms with van der Waals surface area (Å²) in [4.78, 5) is 11.9. The lowest BCUT2D eigenvalue weighted by molar-refractivity contribution is -0.116. The van der Waals surface area contributed by atoms with Crippen LogP contribution in [0.15, 0.2) is 48.5 Å². The highest BCUT2D eigenvalue weighted by molar-refractivity contribution is 5.90. The van der Waals surface area contributed by atoms with Crippen molar-refractivity contribution in [2.75, 3.05) is 24.3 Å². The van der Waals surface area contributed by atoms with E-state index in [1.807, 2.05) is 49.4 Å². The van der Waals surface area contributed by atoms with Gasteiger partial charge in [-0.25, -0.2) is 0 Å². The van der Waals surface area contributed by atoms with Gasteiger partial charge in [0.05, 0.1) is 18.9 Å². The molecule has 0 atom stereocenters. The maximum Gasteiger partial charge on any atom is 0.224 e. The number of benzene rings is 2. The minimum absolute atomic E-state index is 0.0428. The van der Waals surface area contributed by atoms with Crippen molar-refractivity contribution in [1.29, 1.82) is 0 Å². The van der Waals surface area contributed by atoms with Gasteiger partial charge in [-0.3, -0.25) is 4.79 Å². The third kappa shape index (κ3) is 5.54. The van der Waals surface area contributed by atoms with E-state index in [9.17, 15) is 4.79 Å². The standard InChI is InChI=1S/C18H22N2O3/c1-2-22-15-11-9-14(10-12-15)20-18(21)8-5-13-23-17-7-4-3-6-16(17)19/h3-4,6-7,9-12H,2,5,8,13,19H2,1H3,(H,20,21). The molecule has 0 aliphatic carbocycles. The SMILES string of the molecule is CCOc1ccc(NC(=O)CCCOc2ccccc2N)cc1. The van der Waals surface area contributed by atoms with Gasteiger partial charge in [-0.05, 0) is 49.7 Å². The molecule has 1 amide bonds. The lowest BCUT2D eigenvalue weighted by atomic mass is 10.2. The molecule has 0 heterocycles. The molecule has 0 radical (unpaired) electrons. The summed E-state index contributed by atoms with van der Waals surface area (Å²) in [5.74, 6) is 1.40. The van der Waals surface area contributed by atoms with Crippen molar-refractivity contribution in [1.82, 2.24) is 0 Å². The van der Waals surface area contributed by atoms with Gasteiger partial charge in [0.15, 0.2) is 0 Å². The van der Waals surface area contributed by atoms with Crippen molar-refractivity contribution in [2.45, 2.75) is 19.8 Å². The number of carbonyl (C=O) groups is 1. The highest BCUT2D eigenvalue weighted by Crippen LogP contribution is 2.20. The fraction of sp³-hybridized carbons (Fsp3) is 0.278. The summed E-state index contributed by atoms with van der Waals surface area (Å²) >= 11 is 0. The Balaban J connectivity index is 1.70. The number of amides is 1. The second kappa shape index (κ2) is 8.68. The number of anilines is 2. The molecule has 0 aliphatic heterocycles. The molecule has 0 unspecified atom stereocenters. The van der Waals surface area contributed by atoms with E-state index in [1.165, 1.54) is 0 Å². The van der Waals surface area contributed by atoms with Crippen LogP contribution in [0.4, 0.5) is 11.4 Å². The molecule has 0 aliphatic rings. The molecule has 5 nitrogen and oxygen atoms in total. The number of nitrogen functional groups attached to an aromatic ring is 1. The first kappa shape index (κ1) is 16.7. The van der Waals surface area contributed by atoms with E-state index < -0.39 is 0 Å². The fourth-order valence-corrected chi connectivity index (χ4v) is 2.05. The van der Waals surface area contributed by atoms with Crippen molar-refractivity contribution in [3.8, 4) is 11.5 Å². The van der Waals surface area contributed by atoms with E-state index in [0.29, 0.717) is 37.5 Å². The molecule has 0 bridgehead atoms. The van der Waals surface area contributed by atoms with Gasteiger partial charge < -0.3 is 20.5 Å². The number of rotatable bonds is 8. The van der Waals surface area contributed by atoms with Crippen LogP contribution in [0, 0.1) is 0 Å². The first-order valence-corrected chi connectivity index (χ1v) is 7.69. The van der Waals surface area contributed by atoms with Gasteiger partial charge in [-0.1, -0.05) is 12.1 Å². The molecule has 2 rings (SSSR count). The molecule has 2 aromatic rings. The third-order valence-electron chi connectivity index (χ3n) is 3.17. The Labute approximate surface area is 136 Å². The van der Waals surface area contributed by atoms with E-state index >= 15 is 0 Å². The first-order chi connectivity index (χ1) is 11.2. The Bertz CT molecular complexity index is 626. The zero-order valence-corrected chi connectivity index (χ0v) is 13.2. The molecule has 3 N–H and O–H groups in total. The van der Waals surface area contributed by atoms with Gasteiger partial charge in [0.2, 0.25) is 5.91 Å². The molecule has 23 heavy (non-hydrogen) atoms. The van der Waals surface area contributed by atoms with Crippen molar-refractivity contribution in [3.05, 3.63) is 48.5 Å². The fourth-order valence-electron chi connectivity index (χ4n) is 2.05. The average molecular weight is 314 g/mol. The lowest BCUT2D eigenvalue weighted by Gasteiger charge is -2.09. The summed E-state index contributed by atoms with van der Waals surface area (Å²) in [5, 5.41) is 2.85. The van der Waals surface area contributed by atoms with E-state index in [0.717, 1.165) is 11.4 Å². The van der Waals surface area contributed by atoms with Crippen molar-refractivity contribution in [3.63, 3.8) is 0 Å². The Morgan fingerprint density at radius 2 is 1.83 bits per heavy atom. The summed E-state index contributed by atoms with van der Waals surface area (Å²) in [6, 6.07) is 14.6. The van der Waals surface area contributed by atoms with Crippen molar-refractivity contribution in [2.24, 2.45) is 0 Å². The van der Waals surface area contributed by atoms with Crippen LogP contribution in [0.5, 0.6) is 11.5 Å². The molecule has 0 fully saturated rings. The minimum Gasteiger partial charge on any atom is -0.494 e. The van der Waals surface area contributed by atoms with Crippen LogP contribution in [-0.4, -0.2) is 19.1 Å². The topological polar surface area (TPSA) is 73.6 Å². The Morgan fingerprint density at radius 3 is 2.52 bits per heavy atom. The minimum atomic E-state index is -0.0428. The molecule has 5 heteroatoms. The zero-order chi connectivity index (χ0) is 16.5. The first-order valence-electron chi connectivity index (χ1n) is 7.69. The molecule has 122 valence electrons. The molecular weight excluding hydrogens is 292 g/mol. The largest absolute Gasteiger partial charge is 0.494 e. The molecule has 0 spiro atoms. The lowest BCUT2D eigenvalue weighted by Crippen LogP contribution is -2.13. The number of nitrogens with one attached hydrogen (secondary N) is 1. The predicted molar refractivity (Wildman–Crippen MR) is 91.8 cm³/mol. The van der Waals surface area contributed by atoms with Gasteiger partial charge in [-0.2, -0.15) is 0 Å². The molecule has 0 saturated carbocycles. The van der Waals surface area contributed by atoms with Crippen LogP contribution in [0.1, 0.15) is 19.8 Å². The maximum absolute atomic E-state index is 11.9. The number of carbonyl (C=O) groups excluding carboxylic acids is 1. The van der Waals surface area contributed by atoms with Crippen LogP contribution >= 0.6 is 0 Å². The van der Waals surface area contributed by atoms with Crippen LogP contribution in [0.25, 0.3) is 0 Å². The Morgan fingerprint density at radius 1 is 1.09 bits per heavy atom. The summed E-state index contributed by atoms with van der Waals surface area (Å²) in [7, 11) is 0. The summed E-state index contributed by atoms with van der Waals surface area (Å²) in [6.07, 6.45) is 1.01. The molecule has 0 saturated heterocycles. The highest BCUT2D eigenvalue weighted by atomic mass is 16.5. The molecular formula is C18H22N2O3. The van der Waals surface area contributed by atoms with Crippen LogP contribution in [0.3, 0.4) is 0 Å². The number of ether oxygens (including phenoxy) is 2. The zero-order valence-electron chi connectivity index (χ0n) is 13.2. The van der Waals surface area contributed by atoms with Crippen LogP contribution in [-0.2, 0) is 4.79 Å². The van der Waals surface area contributed by atoms with Gasteiger partial charge in [0.1, 0.15) is 11.5 Å². The number of para-hydroxylation sites is 2. The van der Waals surface area contributed by atoms with Gasteiger partial charge in [-0.15, -0.1) is 0 Å². The van der Waals surface area contributed by atoms with E-state index in [4.69, 9.17) is 15.2 Å². The predicted octanol–water partition coefficient (Wildman–Crippen LogP) is 3.47. The third-order valence-corrected chi connectivity index (χ3v) is 3.17. The van der Waals surface area contributed by atoms with Gasteiger partial charge in [0, 0.05) is 12.1 Å². The Kier molecular flexibility index (Phi) is 6.29. The second-order valence-corrected chi connectivity index (χ2v) is 5.00. The normalized spacial score (nSPS) is 10.1. The average Bonchev–Trinajstić information content (AvgIpc) is 2.55. The number of hydrogen-bond acceptors (Lipinski definition) is 4. The van der Waals surface area contributed by atoms with Crippen LogP contribution < -0.4 is 20.5 Å². The monoisotopic (exact) mass is 314 g/mol. The quantitative estimate of drug-likeness (QED) is 0.578. The molecule has 0 aromatic heterocycles. The summed E-state index contributed by atoms with van der Waals surface area (Å²) in [6.45, 7) is 3.00. The van der Waals surface area contributed by atoms with Gasteiger partial charge >= 0.3 is 0 Å². The van der Waals surface area contributed by atoms with E-state index in [1.54, 1.807) is 6.07 Å². The summed E-state index contributed by atoms with van der Waals surface area (Å²) < 4.78 is 10.9. The maximum atomic E-state index is 11.9. The van der Waals surface area contributed by atoms with E-state index in [2.05, 4.69) is 5.32 Å². The van der Waals surface area contributed by atoms with E-state index in [-0.39, 0.29) is 5.91 Å². The Hall–Kier alpha value is -2.69. The van der Waals surface area contributed by atoms with Crippen LogP contribution in [0.2, 0.25) is 0 Å². The molecule has 2 aromatic carbocycles. The number of hydrogen-bond donors (Lipinski definition) is 2.